The van der Waals surface area contributed by atoms with Crippen LogP contribution in [0.4, 0.5) is 5.82 Å². The van der Waals surface area contributed by atoms with Crippen LogP contribution in [0, 0.1) is 6.92 Å². The molecule has 1 unspecified atom stereocenters. The van der Waals surface area contributed by atoms with E-state index in [2.05, 4.69) is 15.5 Å². The number of rotatable bonds is 6. The van der Waals surface area contributed by atoms with Gasteiger partial charge in [-0.3, -0.25) is 4.79 Å². The number of pyridine rings is 1. The van der Waals surface area contributed by atoms with E-state index >= 15 is 0 Å². The van der Waals surface area contributed by atoms with Crippen molar-refractivity contribution in [1.82, 2.24) is 15.5 Å². The molecular weight excluding hydrogens is 324 g/mol. The van der Waals surface area contributed by atoms with E-state index in [0.717, 1.165) is 5.82 Å². The number of hydrogen-bond acceptors (Lipinski definition) is 7. The Labute approximate surface area is 145 Å². The normalized spacial score (nSPS) is 20.0. The van der Waals surface area contributed by atoms with Crippen LogP contribution in [0.25, 0.3) is 0 Å². The molecule has 2 aromatic heterocycles. The highest BCUT2D eigenvalue weighted by atomic mass is 16.5. The minimum absolute atomic E-state index is 0.132. The molecule has 0 aromatic carbocycles. The van der Waals surface area contributed by atoms with Gasteiger partial charge in [-0.05, 0) is 25.5 Å². The molecule has 8 heteroatoms. The number of ether oxygens (including phenoxy) is 1. The number of amides is 1. The number of nitrogens with zero attached hydrogens (tertiary/aromatic N) is 3. The summed E-state index contributed by atoms with van der Waals surface area (Å²) in [6.07, 6.45) is 2.27. The van der Waals surface area contributed by atoms with Gasteiger partial charge in [0.05, 0.1) is 12.2 Å². The van der Waals surface area contributed by atoms with Crippen LogP contribution >= 0.6 is 0 Å². The maximum atomic E-state index is 12.4. The van der Waals surface area contributed by atoms with Crippen molar-refractivity contribution in [2.24, 2.45) is 0 Å². The molecule has 3 rings (SSSR count). The average Bonchev–Trinajstić information content (AvgIpc) is 3.19. The van der Waals surface area contributed by atoms with Crippen molar-refractivity contribution in [3.8, 4) is 0 Å². The molecule has 1 amide bonds. The Morgan fingerprint density at radius 2 is 2.36 bits per heavy atom. The molecule has 1 saturated heterocycles. The smallest absolute Gasteiger partial charge is 0.273 e. The Morgan fingerprint density at radius 1 is 1.52 bits per heavy atom. The maximum Gasteiger partial charge on any atom is 0.273 e. The molecule has 8 nitrogen and oxygen atoms in total. The van der Waals surface area contributed by atoms with E-state index in [1.54, 1.807) is 20.2 Å². The molecule has 1 atom stereocenters. The number of aromatic nitrogens is 2. The number of β-amino-alcohol motifs (C(OH)–C–C–N with tert-alkyl or cyclic N) is 1. The zero-order chi connectivity index (χ0) is 17.9. The summed E-state index contributed by atoms with van der Waals surface area (Å²) < 4.78 is 10.1. The fourth-order valence-electron chi connectivity index (χ4n) is 2.95. The van der Waals surface area contributed by atoms with Crippen LogP contribution in [0.1, 0.15) is 28.2 Å². The van der Waals surface area contributed by atoms with Gasteiger partial charge in [-0.1, -0.05) is 11.2 Å². The average molecular weight is 346 g/mol. The van der Waals surface area contributed by atoms with Gasteiger partial charge in [0.1, 0.15) is 17.2 Å². The van der Waals surface area contributed by atoms with Gasteiger partial charge in [0.25, 0.3) is 5.91 Å². The van der Waals surface area contributed by atoms with Crippen molar-refractivity contribution in [3.05, 3.63) is 41.4 Å². The number of hydrogen-bond donors (Lipinski definition) is 2. The molecule has 1 aliphatic rings. The Balaban J connectivity index is 1.61. The summed E-state index contributed by atoms with van der Waals surface area (Å²) >= 11 is 0. The van der Waals surface area contributed by atoms with Crippen molar-refractivity contribution in [2.75, 3.05) is 31.6 Å². The Morgan fingerprint density at radius 3 is 3.08 bits per heavy atom. The third-order valence-corrected chi connectivity index (χ3v) is 4.37. The molecule has 0 bridgehead atoms. The summed E-state index contributed by atoms with van der Waals surface area (Å²) in [7, 11) is 1.54. The maximum absolute atomic E-state index is 12.4. The fourth-order valence-corrected chi connectivity index (χ4v) is 2.95. The van der Waals surface area contributed by atoms with Crippen molar-refractivity contribution in [2.45, 2.75) is 25.6 Å². The van der Waals surface area contributed by atoms with Crippen molar-refractivity contribution >= 4 is 11.7 Å². The number of methoxy groups -OCH3 is 1. The van der Waals surface area contributed by atoms with E-state index in [4.69, 9.17) is 9.26 Å². The van der Waals surface area contributed by atoms with Gasteiger partial charge in [-0.25, -0.2) is 4.98 Å². The number of aliphatic hydroxyl groups is 1. The van der Waals surface area contributed by atoms with Gasteiger partial charge in [0.15, 0.2) is 5.69 Å². The fraction of sp³-hybridized carbons (Fsp3) is 0.471. The lowest BCUT2D eigenvalue weighted by molar-refractivity contribution is 0.0572. The zero-order valence-corrected chi connectivity index (χ0v) is 14.4. The van der Waals surface area contributed by atoms with E-state index < -0.39 is 5.60 Å². The van der Waals surface area contributed by atoms with Gasteiger partial charge >= 0.3 is 0 Å². The first-order valence-electron chi connectivity index (χ1n) is 8.13. The Kier molecular flexibility index (Phi) is 5.00. The Bertz CT molecular complexity index is 734. The van der Waals surface area contributed by atoms with Gasteiger partial charge in [0, 0.05) is 32.9 Å². The highest BCUT2D eigenvalue weighted by molar-refractivity contribution is 5.93. The first kappa shape index (κ1) is 17.4. The number of anilines is 1. The van der Waals surface area contributed by atoms with Crippen molar-refractivity contribution in [1.29, 1.82) is 0 Å². The van der Waals surface area contributed by atoms with E-state index in [-0.39, 0.29) is 24.8 Å². The van der Waals surface area contributed by atoms with Crippen LogP contribution in [0.15, 0.2) is 28.9 Å². The second kappa shape index (κ2) is 7.20. The summed E-state index contributed by atoms with van der Waals surface area (Å²) in [4.78, 5) is 18.7. The molecule has 0 saturated carbocycles. The van der Waals surface area contributed by atoms with Crippen LogP contribution < -0.4 is 10.2 Å². The molecule has 1 fully saturated rings. The van der Waals surface area contributed by atoms with Crippen molar-refractivity contribution in [3.63, 3.8) is 0 Å². The largest absolute Gasteiger partial charge is 0.386 e. The van der Waals surface area contributed by atoms with Gasteiger partial charge in [-0.15, -0.1) is 0 Å². The third-order valence-electron chi connectivity index (χ3n) is 4.37. The third kappa shape index (κ3) is 3.80. The van der Waals surface area contributed by atoms with E-state index in [1.165, 1.54) is 0 Å². The van der Waals surface area contributed by atoms with Crippen LogP contribution in [-0.2, 0) is 11.3 Å². The zero-order valence-electron chi connectivity index (χ0n) is 14.4. The lowest BCUT2D eigenvalue weighted by Gasteiger charge is -2.24. The van der Waals surface area contributed by atoms with E-state index in [9.17, 15) is 9.90 Å². The van der Waals surface area contributed by atoms with E-state index in [0.29, 0.717) is 30.8 Å². The summed E-state index contributed by atoms with van der Waals surface area (Å²) in [6.45, 7) is 3.20. The summed E-state index contributed by atoms with van der Waals surface area (Å²) in [6, 6.07) is 5.66. The molecule has 2 N–H and O–H groups in total. The van der Waals surface area contributed by atoms with Crippen LogP contribution in [0.3, 0.4) is 0 Å². The van der Waals surface area contributed by atoms with Gasteiger partial charge < -0.3 is 24.6 Å². The van der Waals surface area contributed by atoms with Crippen LogP contribution in [0.5, 0.6) is 0 Å². The molecule has 25 heavy (non-hydrogen) atoms. The lowest BCUT2D eigenvalue weighted by atomic mass is 10.0. The minimum atomic E-state index is -1.01. The highest BCUT2D eigenvalue weighted by Gasteiger charge is 2.37. The van der Waals surface area contributed by atoms with E-state index in [1.807, 2.05) is 23.1 Å². The predicted octanol–water partition coefficient (Wildman–Crippen LogP) is 0.896. The highest BCUT2D eigenvalue weighted by Crippen LogP contribution is 2.25. The number of aryl methyl sites for hydroxylation is 1. The second-order valence-corrected chi connectivity index (χ2v) is 6.27. The van der Waals surface area contributed by atoms with Crippen molar-refractivity contribution < 1.29 is 19.2 Å². The first-order valence-corrected chi connectivity index (χ1v) is 8.13. The lowest BCUT2D eigenvalue weighted by Crippen LogP contribution is -2.45. The quantitative estimate of drug-likeness (QED) is 0.801. The molecule has 1 aliphatic heterocycles. The SMILES string of the molecule is COCc1c(C(=O)NCC2(O)CCN(c3ccccn3)C2)noc1C. The summed E-state index contributed by atoms with van der Waals surface area (Å²) in [5.74, 6) is 0.987. The molecule has 2 aromatic rings. The molecular formula is C17H22N4O4. The molecule has 134 valence electrons. The molecule has 3 heterocycles. The molecule has 0 spiro atoms. The minimum Gasteiger partial charge on any atom is -0.386 e. The summed E-state index contributed by atoms with van der Waals surface area (Å²) in [5.41, 5.74) is -0.191. The molecule has 0 radical (unpaired) electrons. The standard InChI is InChI=1S/C17H22N4O4/c1-12-13(9-24-2)15(20-25-12)16(22)19-10-17(23)6-8-21(11-17)14-5-3-4-7-18-14/h3-5,7,23H,6,8-11H2,1-2H3,(H,19,22). The first-order chi connectivity index (χ1) is 12.0. The van der Waals surface area contributed by atoms with Gasteiger partial charge in [-0.2, -0.15) is 0 Å². The number of carbonyl (C=O) groups is 1. The molecule has 0 aliphatic carbocycles. The van der Waals surface area contributed by atoms with Gasteiger partial charge in [0.2, 0.25) is 0 Å². The monoisotopic (exact) mass is 346 g/mol. The predicted molar refractivity (Wildman–Crippen MR) is 90.3 cm³/mol. The van der Waals surface area contributed by atoms with Crippen LogP contribution in [-0.4, -0.2) is 53.5 Å². The van der Waals surface area contributed by atoms with Crippen LogP contribution in [0.2, 0.25) is 0 Å². The topological polar surface area (TPSA) is 101 Å². The number of nitrogens with one attached hydrogen (secondary N) is 1. The second-order valence-electron chi connectivity index (χ2n) is 6.27. The number of carbonyl (C=O) groups excluding carboxylic acids is 1. The Hall–Kier alpha value is -2.45. The summed E-state index contributed by atoms with van der Waals surface area (Å²) in [5, 5.41) is 17.3.